The van der Waals surface area contributed by atoms with Gasteiger partial charge in [0.15, 0.2) is 0 Å². The molecule has 2 aromatic rings. The van der Waals surface area contributed by atoms with Crippen LogP contribution in [0.25, 0.3) is 0 Å². The van der Waals surface area contributed by atoms with Gasteiger partial charge in [-0.1, -0.05) is 30.3 Å². The smallest absolute Gasteiger partial charge is 0.220 e. The second-order valence-corrected chi connectivity index (χ2v) is 6.67. The summed E-state index contributed by atoms with van der Waals surface area (Å²) in [5, 5.41) is 13.0. The van der Waals surface area contributed by atoms with Crippen LogP contribution in [-0.2, 0) is 17.9 Å². The molecule has 6 heteroatoms. The van der Waals surface area contributed by atoms with E-state index in [1.54, 1.807) is 12.5 Å². The number of aliphatic hydroxyl groups is 1. The fourth-order valence-corrected chi connectivity index (χ4v) is 3.34. The minimum Gasteiger partial charge on any atom is -0.392 e. The number of aliphatic hydroxyl groups excluding tert-OH is 1. The second-order valence-electron chi connectivity index (χ2n) is 6.67. The van der Waals surface area contributed by atoms with Crippen molar-refractivity contribution in [1.82, 2.24) is 19.8 Å². The van der Waals surface area contributed by atoms with Gasteiger partial charge in [-0.05, 0) is 18.4 Å². The molecule has 1 fully saturated rings. The maximum Gasteiger partial charge on any atom is 0.220 e. The Morgan fingerprint density at radius 1 is 1.32 bits per heavy atom. The third kappa shape index (κ3) is 5.41. The van der Waals surface area contributed by atoms with Gasteiger partial charge in [-0.3, -0.25) is 9.69 Å². The van der Waals surface area contributed by atoms with Gasteiger partial charge in [-0.25, -0.2) is 4.98 Å². The minimum atomic E-state index is -0.313. The highest BCUT2D eigenvalue weighted by Crippen LogP contribution is 2.20. The Bertz CT molecular complexity index is 645. The highest BCUT2D eigenvalue weighted by Gasteiger charge is 2.30. The number of rotatable bonds is 8. The molecule has 2 unspecified atom stereocenters. The summed E-state index contributed by atoms with van der Waals surface area (Å²) in [6.07, 6.45) is 7.11. The maximum atomic E-state index is 12.1. The Balaban J connectivity index is 1.41. The third-order valence-electron chi connectivity index (χ3n) is 4.65. The van der Waals surface area contributed by atoms with Gasteiger partial charge in [0.05, 0.1) is 12.4 Å². The first-order valence-electron chi connectivity index (χ1n) is 8.89. The Morgan fingerprint density at radius 2 is 2.16 bits per heavy atom. The molecule has 0 bridgehead atoms. The lowest BCUT2D eigenvalue weighted by atomic mass is 10.1. The van der Waals surface area contributed by atoms with Gasteiger partial charge in [-0.15, -0.1) is 0 Å². The van der Waals surface area contributed by atoms with E-state index in [2.05, 4.69) is 27.3 Å². The van der Waals surface area contributed by atoms with E-state index in [4.69, 9.17) is 0 Å². The first-order chi connectivity index (χ1) is 12.2. The van der Waals surface area contributed by atoms with Gasteiger partial charge < -0.3 is 15.0 Å². The summed E-state index contributed by atoms with van der Waals surface area (Å²) >= 11 is 0. The molecule has 134 valence electrons. The van der Waals surface area contributed by atoms with E-state index in [0.29, 0.717) is 25.9 Å². The summed E-state index contributed by atoms with van der Waals surface area (Å²) in [4.78, 5) is 18.3. The number of imidazole rings is 1. The predicted octanol–water partition coefficient (Wildman–Crippen LogP) is 1.41. The van der Waals surface area contributed by atoms with Gasteiger partial charge in [0, 0.05) is 51.0 Å². The molecule has 1 saturated heterocycles. The normalized spacial score (nSPS) is 20.7. The number of β-amino-alcohol motifs (C(OH)–C–C–N with tert-alkyl or cyclic N) is 1. The largest absolute Gasteiger partial charge is 0.392 e. The van der Waals surface area contributed by atoms with E-state index in [0.717, 1.165) is 19.5 Å². The number of aryl methyl sites for hydroxylation is 1. The van der Waals surface area contributed by atoms with Crippen molar-refractivity contribution in [3.63, 3.8) is 0 Å². The zero-order valence-corrected chi connectivity index (χ0v) is 14.4. The standard InChI is InChI=1S/C19H26N4O2/c24-18-11-17(23(14-18)13-16-5-2-1-3-6-16)12-21-19(25)7-4-9-22-10-8-20-15-22/h1-3,5-6,8,10,15,17-18,24H,4,7,9,11-14H2,(H,21,25). The van der Waals surface area contributed by atoms with Crippen molar-refractivity contribution >= 4 is 5.91 Å². The highest BCUT2D eigenvalue weighted by atomic mass is 16.3. The molecule has 2 atom stereocenters. The van der Waals surface area contributed by atoms with Crippen LogP contribution < -0.4 is 5.32 Å². The van der Waals surface area contributed by atoms with Crippen molar-refractivity contribution in [3.8, 4) is 0 Å². The van der Waals surface area contributed by atoms with Crippen LogP contribution in [0.4, 0.5) is 0 Å². The van der Waals surface area contributed by atoms with E-state index in [1.165, 1.54) is 5.56 Å². The number of nitrogens with zero attached hydrogens (tertiary/aromatic N) is 3. The number of carbonyl (C=O) groups excluding carboxylic acids is 1. The molecule has 0 spiro atoms. The first kappa shape index (κ1) is 17.6. The van der Waals surface area contributed by atoms with E-state index in [9.17, 15) is 9.90 Å². The number of carbonyl (C=O) groups is 1. The van der Waals surface area contributed by atoms with Gasteiger partial charge in [0.25, 0.3) is 0 Å². The molecule has 0 radical (unpaired) electrons. The van der Waals surface area contributed by atoms with Gasteiger partial charge in [0.2, 0.25) is 5.91 Å². The Kier molecular flexibility index (Phi) is 6.19. The summed E-state index contributed by atoms with van der Waals surface area (Å²) in [6.45, 7) is 2.86. The van der Waals surface area contributed by atoms with E-state index < -0.39 is 0 Å². The summed E-state index contributed by atoms with van der Waals surface area (Å²) in [7, 11) is 0. The molecule has 1 aromatic heterocycles. The predicted molar refractivity (Wildman–Crippen MR) is 95.7 cm³/mol. The Labute approximate surface area is 148 Å². The average Bonchev–Trinajstić information content (AvgIpc) is 3.24. The number of hydrogen-bond donors (Lipinski definition) is 2. The molecule has 3 rings (SSSR count). The van der Waals surface area contributed by atoms with Crippen LogP contribution >= 0.6 is 0 Å². The molecule has 25 heavy (non-hydrogen) atoms. The Hall–Kier alpha value is -2.18. The summed E-state index contributed by atoms with van der Waals surface area (Å²) in [5.74, 6) is 0.0705. The number of aromatic nitrogens is 2. The van der Waals surface area contributed by atoms with Crippen molar-refractivity contribution in [1.29, 1.82) is 0 Å². The molecular formula is C19H26N4O2. The van der Waals surface area contributed by atoms with Crippen LogP contribution in [0.1, 0.15) is 24.8 Å². The van der Waals surface area contributed by atoms with Crippen molar-refractivity contribution in [2.45, 2.75) is 44.5 Å². The van der Waals surface area contributed by atoms with E-state index in [-0.39, 0.29) is 18.1 Å². The first-order valence-corrected chi connectivity index (χ1v) is 8.89. The molecule has 1 aliphatic heterocycles. The lowest BCUT2D eigenvalue weighted by molar-refractivity contribution is -0.121. The van der Waals surface area contributed by atoms with Crippen molar-refractivity contribution < 1.29 is 9.90 Å². The number of hydrogen-bond acceptors (Lipinski definition) is 4. The monoisotopic (exact) mass is 342 g/mol. The number of benzene rings is 1. The molecule has 0 aliphatic carbocycles. The minimum absolute atomic E-state index is 0.0705. The third-order valence-corrected chi connectivity index (χ3v) is 4.65. The zero-order chi connectivity index (χ0) is 17.5. The van der Waals surface area contributed by atoms with Crippen LogP contribution in [0.15, 0.2) is 49.1 Å². The van der Waals surface area contributed by atoms with Crippen LogP contribution in [0.5, 0.6) is 0 Å². The number of likely N-dealkylation sites (tertiary alicyclic amines) is 1. The van der Waals surface area contributed by atoms with Crippen LogP contribution in [0.3, 0.4) is 0 Å². The molecule has 0 saturated carbocycles. The van der Waals surface area contributed by atoms with E-state index in [1.807, 2.05) is 29.0 Å². The maximum absolute atomic E-state index is 12.1. The topological polar surface area (TPSA) is 70.4 Å². The molecule has 1 amide bonds. The molecule has 6 nitrogen and oxygen atoms in total. The molecule has 2 heterocycles. The zero-order valence-electron chi connectivity index (χ0n) is 14.4. The lowest BCUT2D eigenvalue weighted by Crippen LogP contribution is -2.39. The molecular weight excluding hydrogens is 316 g/mol. The van der Waals surface area contributed by atoms with E-state index >= 15 is 0 Å². The van der Waals surface area contributed by atoms with Crippen LogP contribution in [0.2, 0.25) is 0 Å². The second kappa shape index (κ2) is 8.78. The van der Waals surface area contributed by atoms with Crippen molar-refractivity contribution in [2.24, 2.45) is 0 Å². The fraction of sp³-hybridized carbons (Fsp3) is 0.474. The van der Waals surface area contributed by atoms with Crippen molar-refractivity contribution in [2.75, 3.05) is 13.1 Å². The number of amides is 1. The molecule has 1 aromatic carbocycles. The quantitative estimate of drug-likeness (QED) is 0.761. The van der Waals surface area contributed by atoms with Gasteiger partial charge in [-0.2, -0.15) is 0 Å². The van der Waals surface area contributed by atoms with Gasteiger partial charge >= 0.3 is 0 Å². The average molecular weight is 342 g/mol. The molecule has 1 aliphatic rings. The summed E-state index contributed by atoms with van der Waals surface area (Å²) in [6, 6.07) is 10.4. The van der Waals surface area contributed by atoms with Crippen molar-refractivity contribution in [3.05, 3.63) is 54.6 Å². The van der Waals surface area contributed by atoms with Gasteiger partial charge in [0.1, 0.15) is 0 Å². The lowest BCUT2D eigenvalue weighted by Gasteiger charge is -2.24. The fourth-order valence-electron chi connectivity index (χ4n) is 3.34. The molecule has 2 N–H and O–H groups in total. The van der Waals surface area contributed by atoms with Crippen LogP contribution in [0, 0.1) is 0 Å². The number of nitrogens with one attached hydrogen (secondary N) is 1. The summed E-state index contributed by atoms with van der Waals surface area (Å²) < 4.78 is 1.97. The SMILES string of the molecule is O=C(CCCn1ccnc1)NCC1CC(O)CN1Cc1ccccc1. The highest BCUT2D eigenvalue weighted by molar-refractivity contribution is 5.75. The van der Waals surface area contributed by atoms with Crippen LogP contribution in [-0.4, -0.2) is 50.7 Å². The summed E-state index contributed by atoms with van der Waals surface area (Å²) in [5.41, 5.74) is 1.23. The Morgan fingerprint density at radius 3 is 2.92 bits per heavy atom.